The van der Waals surface area contributed by atoms with E-state index >= 15 is 0 Å². The van der Waals surface area contributed by atoms with Crippen LogP contribution in [0, 0.1) is 20.7 Å². The fourth-order valence-electron chi connectivity index (χ4n) is 1.47. The molecule has 1 N–H and O–H groups in total. The van der Waals surface area contributed by atoms with Gasteiger partial charge in [-0.3, -0.25) is 0 Å². The minimum absolute atomic E-state index is 0.140. The molecular weight excluding hydrogens is 445 g/mol. The number of nitrogens with zero attached hydrogens (tertiary/aromatic N) is 1. The van der Waals surface area contributed by atoms with Crippen LogP contribution in [0.15, 0.2) is 34.8 Å². The van der Waals surface area contributed by atoms with E-state index in [1.54, 1.807) is 12.1 Å². The molecule has 2 rings (SSSR count). The molecule has 0 aliphatic rings. The molecule has 2 aromatic carbocycles. The molecule has 2 aromatic rings. The number of hydrogen-bond donors (Lipinski definition) is 1. The van der Waals surface area contributed by atoms with Crippen LogP contribution in [0.5, 0.6) is 0 Å². The molecule has 2 nitrogen and oxygen atoms in total. The van der Waals surface area contributed by atoms with E-state index in [2.05, 4.69) is 43.8 Å². The molecule has 96 valence electrons. The van der Waals surface area contributed by atoms with E-state index in [0.717, 1.165) is 3.57 Å². The lowest BCUT2D eigenvalue weighted by atomic mass is 10.2. The Morgan fingerprint density at radius 3 is 2.58 bits per heavy atom. The van der Waals surface area contributed by atoms with Crippen molar-refractivity contribution in [3.63, 3.8) is 0 Å². The van der Waals surface area contributed by atoms with Crippen LogP contribution >= 0.6 is 50.1 Å². The van der Waals surface area contributed by atoms with E-state index in [1.807, 2.05) is 12.1 Å². The van der Waals surface area contributed by atoms with Crippen molar-refractivity contribution in [3.8, 4) is 6.07 Å². The van der Waals surface area contributed by atoms with Crippen molar-refractivity contribution in [2.45, 2.75) is 0 Å². The van der Waals surface area contributed by atoms with Crippen LogP contribution in [0.25, 0.3) is 0 Å². The highest BCUT2D eigenvalue weighted by Crippen LogP contribution is 2.31. The van der Waals surface area contributed by atoms with Crippen LogP contribution < -0.4 is 5.32 Å². The van der Waals surface area contributed by atoms with Crippen molar-refractivity contribution < 1.29 is 4.39 Å². The first-order valence-electron chi connectivity index (χ1n) is 5.13. The van der Waals surface area contributed by atoms with Gasteiger partial charge >= 0.3 is 0 Å². The number of halogens is 4. The third-order valence-corrected chi connectivity index (χ3v) is 4.16. The Kier molecular flexibility index (Phi) is 4.66. The van der Waals surface area contributed by atoms with E-state index in [4.69, 9.17) is 16.9 Å². The fraction of sp³-hybridized carbons (Fsp3) is 0. The lowest BCUT2D eigenvalue weighted by Gasteiger charge is -2.11. The topological polar surface area (TPSA) is 35.8 Å². The maximum Gasteiger partial charge on any atom is 0.162 e. The molecule has 0 unspecified atom stereocenters. The average molecular weight is 451 g/mol. The Bertz CT molecular complexity index is 685. The summed E-state index contributed by atoms with van der Waals surface area (Å²) in [5.41, 5.74) is 1.11. The Balaban J connectivity index is 2.39. The molecule has 0 radical (unpaired) electrons. The van der Waals surface area contributed by atoms with Crippen molar-refractivity contribution in [1.82, 2.24) is 0 Å². The maximum atomic E-state index is 14.0. The molecule has 0 aliphatic carbocycles. The van der Waals surface area contributed by atoms with Crippen molar-refractivity contribution in [3.05, 3.63) is 54.8 Å². The molecule has 0 fully saturated rings. The molecular formula is C13H6BrClFIN2. The standard InChI is InChI=1S/C13H6BrClFIN2/c14-12-7(6-18)1-3-11(13(12)16)19-10-4-2-8(17)5-9(10)15/h1-5,19H. The lowest BCUT2D eigenvalue weighted by Crippen LogP contribution is -1.97. The molecule has 0 aromatic heterocycles. The molecule has 19 heavy (non-hydrogen) atoms. The van der Waals surface area contributed by atoms with E-state index < -0.39 is 5.82 Å². The summed E-state index contributed by atoms with van der Waals surface area (Å²) in [5, 5.41) is 12.2. The van der Waals surface area contributed by atoms with Gasteiger partial charge in [0.25, 0.3) is 0 Å². The van der Waals surface area contributed by atoms with Crippen molar-refractivity contribution in [2.75, 3.05) is 5.32 Å². The van der Waals surface area contributed by atoms with E-state index in [-0.39, 0.29) is 15.7 Å². The van der Waals surface area contributed by atoms with Gasteiger partial charge in [-0.05, 0) is 68.9 Å². The molecule has 0 saturated heterocycles. The van der Waals surface area contributed by atoms with Crippen LogP contribution in [0.4, 0.5) is 15.8 Å². The predicted octanol–water partition coefficient (Wildman–Crippen LogP) is 5.46. The second kappa shape index (κ2) is 6.07. The summed E-state index contributed by atoms with van der Waals surface area (Å²) in [6, 6.07) is 10.4. The summed E-state index contributed by atoms with van der Waals surface area (Å²) < 4.78 is 15.2. The normalized spacial score (nSPS) is 10.1. The number of benzene rings is 2. The number of hydrogen-bond acceptors (Lipinski definition) is 2. The Hall–Kier alpha value is -0.840. The molecule has 0 aliphatic heterocycles. The zero-order chi connectivity index (χ0) is 14.0. The van der Waals surface area contributed by atoms with E-state index in [9.17, 15) is 4.39 Å². The highest BCUT2D eigenvalue weighted by molar-refractivity contribution is 14.1. The quantitative estimate of drug-likeness (QED) is 0.616. The first-order valence-corrected chi connectivity index (χ1v) is 7.38. The highest BCUT2D eigenvalue weighted by Gasteiger charge is 2.12. The summed E-state index contributed by atoms with van der Waals surface area (Å²) >= 11 is 11.3. The maximum absolute atomic E-state index is 14.0. The van der Waals surface area contributed by atoms with Gasteiger partial charge in [0, 0.05) is 3.57 Å². The van der Waals surface area contributed by atoms with E-state index in [0.29, 0.717) is 10.7 Å². The van der Waals surface area contributed by atoms with Gasteiger partial charge in [-0.15, -0.1) is 0 Å². The van der Waals surface area contributed by atoms with Gasteiger partial charge in [0.2, 0.25) is 0 Å². The van der Waals surface area contributed by atoms with Crippen LogP contribution in [0.3, 0.4) is 0 Å². The molecule has 0 spiro atoms. The van der Waals surface area contributed by atoms with E-state index in [1.165, 1.54) is 12.1 Å². The average Bonchev–Trinajstić information content (AvgIpc) is 2.38. The van der Waals surface area contributed by atoms with Gasteiger partial charge in [0.1, 0.15) is 6.07 Å². The minimum atomic E-state index is -0.520. The highest BCUT2D eigenvalue weighted by atomic mass is 127. The summed E-state index contributed by atoms with van der Waals surface area (Å²) in [6.45, 7) is 0. The second-order valence-electron chi connectivity index (χ2n) is 3.65. The zero-order valence-corrected chi connectivity index (χ0v) is 13.8. The molecule has 0 bridgehead atoms. The van der Waals surface area contributed by atoms with Gasteiger partial charge in [-0.1, -0.05) is 11.6 Å². The number of nitriles is 1. The molecule has 6 heteroatoms. The fourth-order valence-corrected chi connectivity index (χ4v) is 2.81. The molecule has 0 saturated carbocycles. The first kappa shape index (κ1) is 14.6. The third-order valence-electron chi connectivity index (χ3n) is 2.40. The number of nitrogens with one attached hydrogen (secondary N) is 1. The summed E-state index contributed by atoms with van der Waals surface area (Å²) in [7, 11) is 0. The lowest BCUT2D eigenvalue weighted by molar-refractivity contribution is 0.624. The SMILES string of the molecule is N#Cc1ccc(Nc2ccc(I)cc2Cl)c(F)c1Br. The van der Waals surface area contributed by atoms with Crippen LogP contribution in [0.2, 0.25) is 5.02 Å². The zero-order valence-electron chi connectivity index (χ0n) is 9.35. The third kappa shape index (κ3) is 3.19. The summed E-state index contributed by atoms with van der Waals surface area (Å²) in [4.78, 5) is 0. The summed E-state index contributed by atoms with van der Waals surface area (Å²) in [6.07, 6.45) is 0. The van der Waals surface area contributed by atoms with Crippen molar-refractivity contribution >= 4 is 61.5 Å². The van der Waals surface area contributed by atoms with Crippen molar-refractivity contribution in [1.29, 1.82) is 5.26 Å². The smallest absolute Gasteiger partial charge is 0.162 e. The largest absolute Gasteiger partial charge is 0.352 e. The van der Waals surface area contributed by atoms with Gasteiger partial charge in [0.05, 0.1) is 26.4 Å². The number of rotatable bonds is 2. The van der Waals surface area contributed by atoms with Gasteiger partial charge in [-0.2, -0.15) is 5.26 Å². The van der Waals surface area contributed by atoms with Crippen LogP contribution in [0.1, 0.15) is 5.56 Å². The Morgan fingerprint density at radius 1 is 1.26 bits per heavy atom. The summed E-state index contributed by atoms with van der Waals surface area (Å²) in [5.74, 6) is -0.520. The van der Waals surface area contributed by atoms with Gasteiger partial charge in [-0.25, -0.2) is 4.39 Å². The van der Waals surface area contributed by atoms with Gasteiger partial charge in [0.15, 0.2) is 5.82 Å². The first-order chi connectivity index (χ1) is 9.02. The molecule has 0 amide bonds. The van der Waals surface area contributed by atoms with Crippen LogP contribution in [-0.4, -0.2) is 0 Å². The molecule has 0 heterocycles. The second-order valence-corrected chi connectivity index (χ2v) is 6.10. The minimum Gasteiger partial charge on any atom is -0.352 e. The monoisotopic (exact) mass is 450 g/mol. The Morgan fingerprint density at radius 2 is 1.95 bits per heavy atom. The predicted molar refractivity (Wildman–Crippen MR) is 86.3 cm³/mol. The van der Waals surface area contributed by atoms with Crippen LogP contribution in [-0.2, 0) is 0 Å². The van der Waals surface area contributed by atoms with Crippen molar-refractivity contribution in [2.24, 2.45) is 0 Å². The molecule has 0 atom stereocenters. The Labute approximate surface area is 136 Å². The number of anilines is 2. The van der Waals surface area contributed by atoms with Gasteiger partial charge < -0.3 is 5.32 Å².